The molecule has 7 heteroatoms. The molecule has 0 aliphatic heterocycles. The topological polar surface area (TPSA) is 75.3 Å². The van der Waals surface area contributed by atoms with Gasteiger partial charge in [-0.15, -0.1) is 0 Å². The van der Waals surface area contributed by atoms with Gasteiger partial charge in [0.1, 0.15) is 5.82 Å². The van der Waals surface area contributed by atoms with Crippen LogP contribution in [0.25, 0.3) is 0 Å². The molecule has 130 valence electrons. The van der Waals surface area contributed by atoms with Gasteiger partial charge in [0.05, 0.1) is 5.75 Å². The summed E-state index contributed by atoms with van der Waals surface area (Å²) in [6, 6.07) is 4.05. The number of carbonyl (C=O) groups excluding carboxylic acids is 1. The van der Waals surface area contributed by atoms with Crippen LogP contribution in [0, 0.1) is 29.5 Å². The van der Waals surface area contributed by atoms with Crippen molar-refractivity contribution in [1.29, 1.82) is 0 Å². The first-order valence-electron chi connectivity index (χ1n) is 8.35. The van der Waals surface area contributed by atoms with Crippen LogP contribution in [0.15, 0.2) is 18.2 Å². The van der Waals surface area contributed by atoms with Gasteiger partial charge in [-0.1, -0.05) is 6.07 Å². The average Bonchev–Trinajstić information content (AvgIpc) is 2.88. The smallest absolute Gasteiger partial charge is 0.319 e. The number of urea groups is 1. The van der Waals surface area contributed by atoms with E-state index in [-0.39, 0.29) is 23.4 Å². The number of amides is 2. The lowest BCUT2D eigenvalue weighted by Crippen LogP contribution is -2.33. The van der Waals surface area contributed by atoms with Gasteiger partial charge in [-0.2, -0.15) is 0 Å². The summed E-state index contributed by atoms with van der Waals surface area (Å²) in [4.78, 5) is 12.1. The molecule has 3 fully saturated rings. The molecule has 0 saturated heterocycles. The van der Waals surface area contributed by atoms with Crippen molar-refractivity contribution >= 4 is 21.6 Å². The molecule has 1 aromatic carbocycles. The van der Waals surface area contributed by atoms with Crippen molar-refractivity contribution in [2.24, 2.45) is 23.7 Å². The third kappa shape index (κ3) is 2.90. The molecule has 2 amide bonds. The van der Waals surface area contributed by atoms with Gasteiger partial charge < -0.3 is 10.6 Å². The molecule has 0 heterocycles. The number of fused-ring (bicyclic) bond motifs is 5. The second-order valence-corrected chi connectivity index (χ2v) is 9.63. The molecule has 2 bridgehead atoms. The zero-order chi connectivity index (χ0) is 17.1. The summed E-state index contributed by atoms with van der Waals surface area (Å²) in [5, 5.41) is 5.65. The van der Waals surface area contributed by atoms with E-state index in [2.05, 4.69) is 10.6 Å². The second kappa shape index (κ2) is 5.44. The fourth-order valence-electron chi connectivity index (χ4n) is 4.86. The molecular weight excluding hydrogens is 331 g/mol. The van der Waals surface area contributed by atoms with Gasteiger partial charge in [0.15, 0.2) is 9.84 Å². The molecule has 1 aromatic rings. The minimum Gasteiger partial charge on any atom is -0.335 e. The molecule has 24 heavy (non-hydrogen) atoms. The van der Waals surface area contributed by atoms with E-state index in [1.165, 1.54) is 31.4 Å². The molecule has 4 atom stereocenters. The van der Waals surface area contributed by atoms with E-state index in [0.29, 0.717) is 17.5 Å². The van der Waals surface area contributed by atoms with Crippen LogP contribution in [0.3, 0.4) is 0 Å². The number of hydrogen-bond acceptors (Lipinski definition) is 3. The maximum Gasteiger partial charge on any atom is 0.319 e. The molecule has 4 rings (SSSR count). The summed E-state index contributed by atoms with van der Waals surface area (Å²) >= 11 is 0. The van der Waals surface area contributed by atoms with E-state index in [1.54, 1.807) is 0 Å². The Bertz CT molecular complexity index is 779. The Morgan fingerprint density at radius 2 is 1.92 bits per heavy atom. The molecule has 3 aliphatic rings. The summed E-state index contributed by atoms with van der Waals surface area (Å²) in [6.45, 7) is 0. The minimum atomic E-state index is -3.30. The minimum absolute atomic E-state index is 0.108. The van der Waals surface area contributed by atoms with Crippen molar-refractivity contribution in [2.45, 2.75) is 31.1 Å². The average molecular weight is 352 g/mol. The Kier molecular flexibility index (Phi) is 3.60. The quantitative estimate of drug-likeness (QED) is 0.874. The highest BCUT2D eigenvalue weighted by Gasteiger charge is 2.65. The zero-order valence-corrected chi connectivity index (χ0v) is 14.3. The summed E-state index contributed by atoms with van der Waals surface area (Å²) in [6.07, 6.45) is 4.96. The van der Waals surface area contributed by atoms with E-state index in [0.717, 1.165) is 24.2 Å². The highest BCUT2D eigenvalue weighted by molar-refractivity contribution is 7.89. The molecular formula is C17H21FN2O3S. The number of benzene rings is 1. The highest BCUT2D eigenvalue weighted by atomic mass is 32.2. The first-order chi connectivity index (χ1) is 11.3. The van der Waals surface area contributed by atoms with Crippen molar-refractivity contribution < 1.29 is 17.6 Å². The molecule has 0 spiro atoms. The molecule has 5 nitrogen and oxygen atoms in total. The number of carbonyl (C=O) groups is 1. The van der Waals surface area contributed by atoms with Crippen LogP contribution in [-0.4, -0.2) is 26.7 Å². The number of rotatable bonds is 4. The summed E-state index contributed by atoms with van der Waals surface area (Å²) < 4.78 is 36.5. The van der Waals surface area contributed by atoms with E-state index in [9.17, 15) is 17.6 Å². The first-order valence-corrected chi connectivity index (χ1v) is 10.4. The lowest BCUT2D eigenvalue weighted by Gasteiger charge is -2.12. The largest absolute Gasteiger partial charge is 0.335 e. The highest BCUT2D eigenvalue weighted by Crippen LogP contribution is 2.65. The number of anilines is 1. The fraction of sp³-hybridized carbons (Fsp3) is 0.588. The van der Waals surface area contributed by atoms with E-state index < -0.39 is 15.7 Å². The van der Waals surface area contributed by atoms with Gasteiger partial charge in [-0.3, -0.25) is 0 Å². The van der Waals surface area contributed by atoms with Crippen LogP contribution in [0.5, 0.6) is 0 Å². The van der Waals surface area contributed by atoms with Crippen LogP contribution in [-0.2, 0) is 15.6 Å². The van der Waals surface area contributed by atoms with Crippen molar-refractivity contribution in [3.63, 3.8) is 0 Å². The van der Waals surface area contributed by atoms with Crippen molar-refractivity contribution in [3.8, 4) is 0 Å². The van der Waals surface area contributed by atoms with Crippen LogP contribution in [0.2, 0.25) is 0 Å². The predicted octanol–water partition coefficient (Wildman–Crippen LogP) is 2.54. The SMILES string of the molecule is CS(=O)(=O)Cc1ccc(NC(=O)NC2[C@H]3[C@H]4CC[C@@H](C4)[C@H]23)cc1F. The lowest BCUT2D eigenvalue weighted by atomic mass is 10.0. The molecule has 0 radical (unpaired) electrons. The number of hydrogen-bond donors (Lipinski definition) is 2. The van der Waals surface area contributed by atoms with Gasteiger partial charge in [-0.25, -0.2) is 17.6 Å². The number of nitrogens with one attached hydrogen (secondary N) is 2. The maximum atomic E-state index is 14.0. The maximum absolute atomic E-state index is 14.0. The second-order valence-electron chi connectivity index (χ2n) is 7.49. The lowest BCUT2D eigenvalue weighted by molar-refractivity contribution is 0.249. The Hall–Kier alpha value is -1.63. The van der Waals surface area contributed by atoms with Crippen molar-refractivity contribution in [1.82, 2.24) is 5.32 Å². The molecule has 0 unspecified atom stereocenters. The molecule has 0 aromatic heterocycles. The van der Waals surface area contributed by atoms with Crippen LogP contribution < -0.4 is 10.6 Å². The Labute approximate surface area is 140 Å². The normalized spacial score (nSPS) is 33.2. The summed E-state index contributed by atoms with van der Waals surface area (Å²) in [7, 11) is -3.30. The van der Waals surface area contributed by atoms with E-state index in [4.69, 9.17) is 0 Å². The molecule has 2 N–H and O–H groups in total. The third-order valence-electron chi connectivity index (χ3n) is 5.76. The standard InChI is InChI=1S/C17H21FN2O3S/c1-24(22,23)8-11-4-5-12(7-13(11)18)19-17(21)20-16-14-9-2-3-10(6-9)15(14)16/h4-5,7,9-10,14-16H,2-3,6,8H2,1H3,(H2,19,20,21)/t9-,10-,14-,15-/m0/s1. The van der Waals surface area contributed by atoms with Crippen LogP contribution in [0.4, 0.5) is 14.9 Å². The summed E-state index contributed by atoms with van der Waals surface area (Å²) in [5.41, 5.74) is 0.438. The molecule has 3 saturated carbocycles. The predicted molar refractivity (Wildman–Crippen MR) is 88.7 cm³/mol. The number of halogens is 1. The van der Waals surface area contributed by atoms with Gasteiger partial charge in [0, 0.05) is 23.5 Å². The number of sulfone groups is 1. The first kappa shape index (κ1) is 15.9. The fourth-order valence-corrected chi connectivity index (χ4v) is 5.66. The van der Waals surface area contributed by atoms with Gasteiger partial charge in [-0.05, 0) is 55.1 Å². The van der Waals surface area contributed by atoms with Crippen molar-refractivity contribution in [2.75, 3.05) is 11.6 Å². The van der Waals surface area contributed by atoms with Crippen molar-refractivity contribution in [3.05, 3.63) is 29.6 Å². The van der Waals surface area contributed by atoms with Gasteiger partial charge in [0.2, 0.25) is 0 Å². The van der Waals surface area contributed by atoms with Gasteiger partial charge >= 0.3 is 6.03 Å². The third-order valence-corrected chi connectivity index (χ3v) is 6.60. The van der Waals surface area contributed by atoms with E-state index >= 15 is 0 Å². The Morgan fingerprint density at radius 1 is 1.25 bits per heavy atom. The van der Waals surface area contributed by atoms with Gasteiger partial charge in [0.25, 0.3) is 0 Å². The Balaban J connectivity index is 1.36. The van der Waals surface area contributed by atoms with Crippen LogP contribution >= 0.6 is 0 Å². The van der Waals surface area contributed by atoms with E-state index in [1.807, 2.05) is 0 Å². The monoisotopic (exact) mass is 352 g/mol. The van der Waals surface area contributed by atoms with Crippen LogP contribution in [0.1, 0.15) is 24.8 Å². The molecule has 3 aliphatic carbocycles. The zero-order valence-electron chi connectivity index (χ0n) is 13.5. The summed E-state index contributed by atoms with van der Waals surface area (Å²) in [5.74, 6) is 1.86. The Morgan fingerprint density at radius 3 is 2.50 bits per heavy atom.